The van der Waals surface area contributed by atoms with Crippen LogP contribution in [0.2, 0.25) is 0 Å². The largest absolute Gasteiger partial charge is 0.507 e. The van der Waals surface area contributed by atoms with Crippen molar-refractivity contribution in [3.05, 3.63) is 64.5 Å². The van der Waals surface area contributed by atoms with Crippen LogP contribution in [0.15, 0.2) is 36.4 Å². The van der Waals surface area contributed by atoms with Crippen molar-refractivity contribution in [2.75, 3.05) is 0 Å². The molecule has 0 aliphatic heterocycles. The number of rotatable bonds is 3. The summed E-state index contributed by atoms with van der Waals surface area (Å²) in [7, 11) is 0. The summed E-state index contributed by atoms with van der Waals surface area (Å²) >= 11 is 1.10. The first-order chi connectivity index (χ1) is 12.3. The van der Waals surface area contributed by atoms with Gasteiger partial charge in [0, 0.05) is 12.5 Å². The van der Waals surface area contributed by atoms with Gasteiger partial charge in [-0.25, -0.2) is 4.39 Å². The number of phenols is 1. The van der Waals surface area contributed by atoms with E-state index in [0.717, 1.165) is 28.5 Å². The highest BCUT2D eigenvalue weighted by molar-refractivity contribution is 8.13. The molecule has 0 heterocycles. The first-order valence-electron chi connectivity index (χ1n) is 9.12. The van der Waals surface area contributed by atoms with Crippen LogP contribution in [0.1, 0.15) is 76.0 Å². The standard InChI is InChI=1S/C23H29FO2S/c1-14(25)27-21(16-10-8-9-11-19(16)24)15-12-17(22(2,3)4)20(26)18(13-15)23(5,6)7/h8-13,21,26H,1-7H3. The molecule has 0 bridgehead atoms. The molecule has 2 aromatic rings. The maximum absolute atomic E-state index is 14.6. The number of thioether (sulfide) groups is 1. The number of benzene rings is 2. The third-order valence-electron chi connectivity index (χ3n) is 4.52. The maximum Gasteiger partial charge on any atom is 0.186 e. The first-order valence-corrected chi connectivity index (χ1v) is 10.00. The van der Waals surface area contributed by atoms with Crippen LogP contribution in [-0.2, 0) is 15.6 Å². The molecule has 0 spiro atoms. The van der Waals surface area contributed by atoms with Gasteiger partial charge in [-0.1, -0.05) is 83.6 Å². The number of phenolic OH excluding ortho intramolecular Hbond substituents is 1. The number of carbonyl (C=O) groups excluding carboxylic acids is 1. The van der Waals surface area contributed by atoms with Crippen molar-refractivity contribution in [2.24, 2.45) is 0 Å². The third-order valence-corrected chi connectivity index (χ3v) is 5.62. The Balaban J connectivity index is 2.79. The van der Waals surface area contributed by atoms with E-state index < -0.39 is 5.25 Å². The van der Waals surface area contributed by atoms with Crippen LogP contribution in [-0.4, -0.2) is 10.2 Å². The minimum atomic E-state index is -0.466. The van der Waals surface area contributed by atoms with Crippen molar-refractivity contribution in [3.63, 3.8) is 0 Å². The van der Waals surface area contributed by atoms with Crippen molar-refractivity contribution in [1.82, 2.24) is 0 Å². The van der Waals surface area contributed by atoms with Crippen LogP contribution in [0.4, 0.5) is 4.39 Å². The zero-order valence-electron chi connectivity index (χ0n) is 17.2. The van der Waals surface area contributed by atoms with E-state index in [0.29, 0.717) is 5.56 Å². The molecule has 4 heteroatoms. The van der Waals surface area contributed by atoms with Gasteiger partial charge in [0.05, 0.1) is 5.25 Å². The smallest absolute Gasteiger partial charge is 0.186 e. The monoisotopic (exact) mass is 388 g/mol. The van der Waals surface area contributed by atoms with Crippen LogP contribution < -0.4 is 0 Å². The lowest BCUT2D eigenvalue weighted by Crippen LogP contribution is -2.18. The van der Waals surface area contributed by atoms with Gasteiger partial charge in [-0.3, -0.25) is 4.79 Å². The van der Waals surface area contributed by atoms with Gasteiger partial charge in [-0.2, -0.15) is 0 Å². The zero-order chi connectivity index (χ0) is 20.6. The molecule has 0 aliphatic carbocycles. The highest BCUT2D eigenvalue weighted by atomic mass is 32.2. The van der Waals surface area contributed by atoms with Crippen molar-refractivity contribution in [1.29, 1.82) is 0 Å². The van der Waals surface area contributed by atoms with E-state index in [-0.39, 0.29) is 27.5 Å². The van der Waals surface area contributed by atoms with Gasteiger partial charge in [0.15, 0.2) is 5.12 Å². The lowest BCUT2D eigenvalue weighted by atomic mass is 9.78. The number of aromatic hydroxyl groups is 1. The van der Waals surface area contributed by atoms with E-state index in [9.17, 15) is 14.3 Å². The highest BCUT2D eigenvalue weighted by Crippen LogP contribution is 2.45. The second-order valence-corrected chi connectivity index (χ2v) is 10.3. The van der Waals surface area contributed by atoms with Gasteiger partial charge in [-0.15, -0.1) is 0 Å². The molecule has 2 aromatic carbocycles. The van der Waals surface area contributed by atoms with Crippen LogP contribution in [0.3, 0.4) is 0 Å². The first kappa shape index (κ1) is 21.5. The summed E-state index contributed by atoms with van der Waals surface area (Å²) in [6.45, 7) is 13.7. The van der Waals surface area contributed by atoms with E-state index in [1.807, 2.05) is 53.7 Å². The third kappa shape index (κ3) is 4.92. The summed E-state index contributed by atoms with van der Waals surface area (Å²) < 4.78 is 14.6. The van der Waals surface area contributed by atoms with E-state index in [2.05, 4.69) is 0 Å². The van der Waals surface area contributed by atoms with E-state index in [4.69, 9.17) is 0 Å². The number of halogens is 1. The van der Waals surface area contributed by atoms with Gasteiger partial charge in [0.2, 0.25) is 0 Å². The Hall–Kier alpha value is -1.81. The zero-order valence-corrected chi connectivity index (χ0v) is 18.0. The fourth-order valence-corrected chi connectivity index (χ4v) is 4.04. The van der Waals surface area contributed by atoms with E-state index in [1.165, 1.54) is 13.0 Å². The Bertz CT molecular complexity index is 809. The predicted molar refractivity (Wildman–Crippen MR) is 112 cm³/mol. The SMILES string of the molecule is CC(=O)SC(c1cc(C(C)(C)C)c(O)c(C(C)(C)C)c1)c1ccccc1F. The average Bonchev–Trinajstić information content (AvgIpc) is 2.51. The van der Waals surface area contributed by atoms with Crippen LogP contribution >= 0.6 is 11.8 Å². The molecule has 1 N–H and O–H groups in total. The average molecular weight is 389 g/mol. The lowest BCUT2D eigenvalue weighted by Gasteiger charge is -2.30. The Morgan fingerprint density at radius 1 is 1.00 bits per heavy atom. The summed E-state index contributed by atoms with van der Waals surface area (Å²) in [6, 6.07) is 10.4. The second-order valence-electron chi connectivity index (χ2n) is 8.98. The van der Waals surface area contributed by atoms with Gasteiger partial charge in [0.1, 0.15) is 11.6 Å². The molecule has 0 fully saturated rings. The molecule has 0 aliphatic rings. The minimum absolute atomic E-state index is 0.0778. The normalized spacial score (nSPS) is 13.5. The van der Waals surface area contributed by atoms with Crippen molar-refractivity contribution < 1.29 is 14.3 Å². The number of hydrogen-bond acceptors (Lipinski definition) is 3. The molecular formula is C23H29FO2S. The second kappa shape index (κ2) is 7.67. The van der Waals surface area contributed by atoms with E-state index in [1.54, 1.807) is 18.2 Å². The molecule has 27 heavy (non-hydrogen) atoms. The molecule has 0 saturated heterocycles. The molecule has 2 nitrogen and oxygen atoms in total. The summed E-state index contributed by atoms with van der Waals surface area (Å²) in [4.78, 5) is 11.9. The molecule has 0 radical (unpaired) electrons. The molecule has 0 aromatic heterocycles. The maximum atomic E-state index is 14.6. The summed E-state index contributed by atoms with van der Waals surface area (Å²) in [5.74, 6) is -0.0576. The summed E-state index contributed by atoms with van der Waals surface area (Å²) in [6.07, 6.45) is 0. The van der Waals surface area contributed by atoms with Gasteiger partial charge < -0.3 is 5.11 Å². The van der Waals surface area contributed by atoms with Gasteiger partial charge >= 0.3 is 0 Å². The van der Waals surface area contributed by atoms with Gasteiger partial charge in [0.25, 0.3) is 0 Å². The summed E-state index contributed by atoms with van der Waals surface area (Å²) in [5.41, 5.74) is 2.32. The fraction of sp³-hybridized carbons (Fsp3) is 0.435. The van der Waals surface area contributed by atoms with Crippen molar-refractivity contribution >= 4 is 16.9 Å². The van der Waals surface area contributed by atoms with Crippen molar-refractivity contribution in [2.45, 2.75) is 64.5 Å². The molecular weight excluding hydrogens is 359 g/mol. The Morgan fingerprint density at radius 2 is 1.48 bits per heavy atom. The highest BCUT2D eigenvalue weighted by Gasteiger charge is 2.30. The quantitative estimate of drug-likeness (QED) is 0.652. The predicted octanol–water partition coefficient (Wildman–Crippen LogP) is 6.50. The summed E-state index contributed by atoms with van der Waals surface area (Å²) in [5, 5.41) is 10.4. The molecule has 1 unspecified atom stereocenters. The van der Waals surface area contributed by atoms with E-state index >= 15 is 0 Å². The topological polar surface area (TPSA) is 37.3 Å². The fourth-order valence-electron chi connectivity index (χ4n) is 3.12. The van der Waals surface area contributed by atoms with Gasteiger partial charge in [-0.05, 0) is 33.6 Å². The van der Waals surface area contributed by atoms with Crippen LogP contribution in [0.5, 0.6) is 5.75 Å². The lowest BCUT2D eigenvalue weighted by molar-refractivity contribution is -0.109. The molecule has 0 saturated carbocycles. The molecule has 0 amide bonds. The van der Waals surface area contributed by atoms with Crippen LogP contribution in [0, 0.1) is 5.82 Å². The molecule has 2 rings (SSSR count). The van der Waals surface area contributed by atoms with Crippen molar-refractivity contribution in [3.8, 4) is 5.75 Å². The Kier molecular flexibility index (Phi) is 6.10. The Morgan fingerprint density at radius 3 is 1.89 bits per heavy atom. The number of hydrogen-bond donors (Lipinski definition) is 1. The molecule has 1 atom stereocenters. The minimum Gasteiger partial charge on any atom is -0.507 e. The molecule has 146 valence electrons. The number of carbonyl (C=O) groups is 1. The Labute approximate surface area is 166 Å². The van der Waals surface area contributed by atoms with Crippen LogP contribution in [0.25, 0.3) is 0 Å².